The summed E-state index contributed by atoms with van der Waals surface area (Å²) in [6.07, 6.45) is 35.5. The fourth-order valence-electron chi connectivity index (χ4n) is 7.26. The molecule has 0 aliphatic heterocycles. The number of hydrogen-bond donors (Lipinski definition) is 0. The number of hydrogen-bond acceptors (Lipinski definition) is 6. The maximum atomic E-state index is 13.1. The maximum Gasteiger partial charge on any atom is 0.306 e. The highest BCUT2D eigenvalue weighted by Gasteiger charge is 2.29. The smallest absolute Gasteiger partial charge is 0.306 e. The van der Waals surface area contributed by atoms with Gasteiger partial charge in [-0.2, -0.15) is 0 Å². The third kappa shape index (κ3) is 31.6. The molecule has 0 radical (unpaired) electrons. The van der Waals surface area contributed by atoms with Crippen molar-refractivity contribution in [3.05, 3.63) is 35.9 Å². The normalized spacial score (nSPS) is 13.0. The van der Waals surface area contributed by atoms with Gasteiger partial charge in [0.25, 0.3) is 8.53 Å². The van der Waals surface area contributed by atoms with Gasteiger partial charge < -0.3 is 18.5 Å². The van der Waals surface area contributed by atoms with Gasteiger partial charge >= 0.3 is 5.97 Å². The van der Waals surface area contributed by atoms with Crippen molar-refractivity contribution >= 4 is 14.5 Å². The first-order valence-corrected chi connectivity index (χ1v) is 24.7. The largest absolute Gasteiger partial charge is 0.457 e. The summed E-state index contributed by atoms with van der Waals surface area (Å²) in [5.74, 6) is -0.143. The van der Waals surface area contributed by atoms with E-state index in [0.717, 1.165) is 24.8 Å². The van der Waals surface area contributed by atoms with Crippen LogP contribution in [0.25, 0.3) is 0 Å². The van der Waals surface area contributed by atoms with Gasteiger partial charge in [-0.05, 0) is 46.1 Å². The molecule has 0 aliphatic carbocycles. The predicted octanol–water partition coefficient (Wildman–Crippen LogP) is 15.5. The van der Waals surface area contributed by atoms with Crippen molar-refractivity contribution in [3.8, 4) is 0 Å². The zero-order chi connectivity index (χ0) is 40.0. The molecule has 2 atom stereocenters. The molecule has 0 saturated carbocycles. The van der Waals surface area contributed by atoms with E-state index in [2.05, 4.69) is 58.3 Å². The van der Waals surface area contributed by atoms with Crippen LogP contribution in [0, 0.1) is 0 Å². The SMILES string of the molecule is CCCCCCCCCCCCCCCCOC[C@H](COP(OCc1ccccc1)N(C(C)C)C(C)C)OC(=O)CCCCCCCCCCCCCCC. The van der Waals surface area contributed by atoms with E-state index in [0.29, 0.717) is 26.2 Å². The Kier molecular flexibility index (Phi) is 36.4. The van der Waals surface area contributed by atoms with Gasteiger partial charge in [-0.15, -0.1) is 0 Å². The molecule has 0 spiro atoms. The molecule has 6 nitrogen and oxygen atoms in total. The van der Waals surface area contributed by atoms with E-state index in [1.54, 1.807) is 0 Å². The molecule has 1 aromatic rings. The van der Waals surface area contributed by atoms with Gasteiger partial charge in [0, 0.05) is 25.1 Å². The Balaban J connectivity index is 2.49. The van der Waals surface area contributed by atoms with Crippen molar-refractivity contribution in [2.75, 3.05) is 19.8 Å². The number of carbonyl (C=O) groups excluding carboxylic acids is 1. The fraction of sp³-hybridized carbons (Fsp3) is 0.854. The van der Waals surface area contributed by atoms with Gasteiger partial charge in [-0.25, -0.2) is 4.67 Å². The predicted molar refractivity (Wildman–Crippen MR) is 238 cm³/mol. The molecular weight excluding hydrogens is 702 g/mol. The van der Waals surface area contributed by atoms with Crippen molar-refractivity contribution < 1.29 is 23.3 Å². The molecule has 55 heavy (non-hydrogen) atoms. The highest BCUT2D eigenvalue weighted by atomic mass is 31.2. The molecule has 0 heterocycles. The Morgan fingerprint density at radius 1 is 0.545 bits per heavy atom. The summed E-state index contributed by atoms with van der Waals surface area (Å²) in [5.41, 5.74) is 1.11. The summed E-state index contributed by atoms with van der Waals surface area (Å²) < 4.78 is 27.4. The van der Waals surface area contributed by atoms with E-state index in [-0.39, 0.29) is 24.7 Å². The van der Waals surface area contributed by atoms with Crippen LogP contribution in [0.15, 0.2) is 30.3 Å². The quantitative estimate of drug-likeness (QED) is 0.0374. The summed E-state index contributed by atoms with van der Waals surface area (Å²) in [6.45, 7) is 15.1. The minimum Gasteiger partial charge on any atom is -0.457 e. The molecule has 1 aromatic carbocycles. The molecule has 0 N–H and O–H groups in total. The van der Waals surface area contributed by atoms with Crippen LogP contribution in [-0.4, -0.2) is 48.6 Å². The first-order chi connectivity index (χ1) is 26.9. The van der Waals surface area contributed by atoms with E-state index in [4.69, 9.17) is 18.5 Å². The number of carbonyl (C=O) groups is 1. The second kappa shape index (κ2) is 38.5. The fourth-order valence-corrected chi connectivity index (χ4v) is 8.91. The van der Waals surface area contributed by atoms with Gasteiger partial charge in [0.1, 0.15) is 6.10 Å². The van der Waals surface area contributed by atoms with Gasteiger partial charge in [0.15, 0.2) is 0 Å². The van der Waals surface area contributed by atoms with Crippen LogP contribution in [0.2, 0.25) is 0 Å². The standard InChI is InChI=1S/C48H90NO5P/c1-7-9-11-13-15-17-19-21-23-25-27-29-31-36-40-51-42-47(54-48(50)39-35-30-28-26-24-22-20-18-16-14-12-10-8-2)43-53-55(49(44(3)4)45(5)6)52-41-46-37-33-32-34-38-46/h32-34,37-38,44-45,47H,7-31,35-36,39-43H2,1-6H3/t47-,55?/m1/s1. The highest BCUT2D eigenvalue weighted by Crippen LogP contribution is 2.46. The van der Waals surface area contributed by atoms with E-state index in [1.807, 2.05) is 18.2 Å². The van der Waals surface area contributed by atoms with E-state index in [1.165, 1.54) is 154 Å². The topological polar surface area (TPSA) is 57.2 Å². The number of esters is 1. The number of unbranched alkanes of at least 4 members (excludes halogenated alkanes) is 25. The third-order valence-corrected chi connectivity index (χ3v) is 12.6. The minimum atomic E-state index is -1.36. The number of rotatable bonds is 41. The van der Waals surface area contributed by atoms with Crippen LogP contribution in [0.5, 0.6) is 0 Å². The molecular formula is C48H90NO5P. The number of nitrogens with zero attached hydrogens (tertiary/aromatic N) is 1. The van der Waals surface area contributed by atoms with E-state index in [9.17, 15) is 4.79 Å². The first kappa shape index (κ1) is 52.0. The van der Waals surface area contributed by atoms with Crippen LogP contribution in [0.4, 0.5) is 0 Å². The lowest BCUT2D eigenvalue weighted by Crippen LogP contribution is -2.35. The molecule has 0 aromatic heterocycles. The Labute approximate surface area is 343 Å². The lowest BCUT2D eigenvalue weighted by atomic mass is 10.0. The molecule has 0 fully saturated rings. The highest BCUT2D eigenvalue weighted by molar-refractivity contribution is 7.44. The summed E-state index contributed by atoms with van der Waals surface area (Å²) >= 11 is 0. The molecule has 0 aliphatic rings. The van der Waals surface area contributed by atoms with E-state index >= 15 is 0 Å². The zero-order valence-corrected chi connectivity index (χ0v) is 38.1. The van der Waals surface area contributed by atoms with Crippen LogP contribution >= 0.6 is 8.53 Å². The monoisotopic (exact) mass is 792 g/mol. The van der Waals surface area contributed by atoms with Gasteiger partial charge in [0.05, 0.1) is 19.8 Å². The van der Waals surface area contributed by atoms with Gasteiger partial charge in [-0.3, -0.25) is 4.79 Å². The molecule has 0 saturated heterocycles. The van der Waals surface area contributed by atoms with Gasteiger partial charge in [0.2, 0.25) is 0 Å². The maximum absolute atomic E-state index is 13.1. The lowest BCUT2D eigenvalue weighted by Gasteiger charge is -2.36. The second-order valence-corrected chi connectivity index (χ2v) is 18.1. The van der Waals surface area contributed by atoms with Crippen molar-refractivity contribution in [2.24, 2.45) is 0 Å². The lowest BCUT2D eigenvalue weighted by molar-refractivity contribution is -0.154. The van der Waals surface area contributed by atoms with Crippen LogP contribution in [-0.2, 0) is 29.9 Å². The molecule has 322 valence electrons. The number of benzene rings is 1. The summed E-state index contributed by atoms with van der Waals surface area (Å²) in [7, 11) is -1.36. The van der Waals surface area contributed by atoms with Crippen LogP contribution < -0.4 is 0 Å². The van der Waals surface area contributed by atoms with Crippen molar-refractivity contribution in [1.82, 2.24) is 4.67 Å². The Morgan fingerprint density at radius 2 is 0.964 bits per heavy atom. The van der Waals surface area contributed by atoms with Crippen molar-refractivity contribution in [2.45, 2.75) is 246 Å². The average Bonchev–Trinajstić information content (AvgIpc) is 3.17. The summed E-state index contributed by atoms with van der Waals surface area (Å²) in [4.78, 5) is 13.1. The van der Waals surface area contributed by atoms with Crippen molar-refractivity contribution in [1.29, 1.82) is 0 Å². The third-order valence-electron chi connectivity index (χ3n) is 10.5. The Bertz CT molecular complexity index is 940. The Morgan fingerprint density at radius 3 is 1.40 bits per heavy atom. The summed E-state index contributed by atoms with van der Waals surface area (Å²) in [6, 6.07) is 10.7. The van der Waals surface area contributed by atoms with E-state index < -0.39 is 14.6 Å². The minimum absolute atomic E-state index is 0.143. The molecule has 0 bridgehead atoms. The molecule has 1 rings (SSSR count). The van der Waals surface area contributed by atoms with Crippen LogP contribution in [0.1, 0.15) is 227 Å². The molecule has 0 amide bonds. The Hall–Kier alpha value is -1.04. The average molecular weight is 792 g/mol. The number of ether oxygens (including phenoxy) is 2. The zero-order valence-electron chi connectivity index (χ0n) is 37.2. The first-order valence-electron chi connectivity index (χ1n) is 23.5. The molecule has 7 heteroatoms. The second-order valence-electron chi connectivity index (χ2n) is 16.6. The summed E-state index contributed by atoms with van der Waals surface area (Å²) in [5, 5.41) is 0. The van der Waals surface area contributed by atoms with Gasteiger partial charge in [-0.1, -0.05) is 205 Å². The van der Waals surface area contributed by atoms with Crippen LogP contribution in [0.3, 0.4) is 0 Å². The van der Waals surface area contributed by atoms with Crippen molar-refractivity contribution in [3.63, 3.8) is 0 Å². The molecule has 1 unspecified atom stereocenters.